The number of rotatable bonds is 11. The number of amides is 1. The third-order valence-electron chi connectivity index (χ3n) is 6.46. The summed E-state index contributed by atoms with van der Waals surface area (Å²) in [5, 5.41) is 54.3. The molecule has 2 aliphatic rings. The van der Waals surface area contributed by atoms with E-state index in [9.17, 15) is 44.7 Å². The van der Waals surface area contributed by atoms with E-state index in [1.807, 2.05) is 4.98 Å². The molecular formula is C22H33N5O12. The lowest BCUT2D eigenvalue weighted by atomic mass is 10.0. The van der Waals surface area contributed by atoms with E-state index in [0.29, 0.717) is 0 Å². The van der Waals surface area contributed by atoms with Crippen molar-refractivity contribution in [1.82, 2.24) is 19.8 Å². The number of aliphatic carboxylic acids is 1. The van der Waals surface area contributed by atoms with Gasteiger partial charge in [0.25, 0.3) is 5.56 Å². The number of carbonyl (C=O) groups excluding carboxylic acids is 1. The lowest BCUT2D eigenvalue weighted by Gasteiger charge is -2.30. The van der Waals surface area contributed by atoms with Gasteiger partial charge < -0.3 is 55.7 Å². The van der Waals surface area contributed by atoms with E-state index < -0.39 is 84.8 Å². The van der Waals surface area contributed by atoms with E-state index in [1.165, 1.54) is 13.1 Å². The van der Waals surface area contributed by atoms with Crippen LogP contribution in [0, 0.1) is 0 Å². The average Bonchev–Trinajstić information content (AvgIpc) is 3.33. The molecule has 0 bridgehead atoms. The Hall–Kier alpha value is -3.00. The summed E-state index contributed by atoms with van der Waals surface area (Å²) in [6.45, 7) is -0.0486. The highest BCUT2D eigenvalue weighted by Crippen LogP contribution is 2.34. The first-order valence-electron chi connectivity index (χ1n) is 12.0. The second-order valence-corrected chi connectivity index (χ2v) is 9.03. The first-order valence-corrected chi connectivity index (χ1v) is 12.0. The highest BCUT2D eigenvalue weighted by molar-refractivity contribution is 5.92. The van der Waals surface area contributed by atoms with Gasteiger partial charge in [0.15, 0.2) is 12.5 Å². The van der Waals surface area contributed by atoms with Crippen molar-refractivity contribution in [2.75, 3.05) is 27.2 Å². The summed E-state index contributed by atoms with van der Waals surface area (Å²) < 4.78 is 17.7. The summed E-state index contributed by atoms with van der Waals surface area (Å²) in [6, 6.07) is 0.992. The summed E-state index contributed by atoms with van der Waals surface area (Å²) in [5.74, 6) is -2.21. The van der Waals surface area contributed by atoms with Crippen LogP contribution in [-0.2, 0) is 23.8 Å². The minimum Gasteiger partial charge on any atom is -0.477 e. The van der Waals surface area contributed by atoms with Crippen molar-refractivity contribution < 1.29 is 49.3 Å². The van der Waals surface area contributed by atoms with Crippen molar-refractivity contribution in [1.29, 1.82) is 0 Å². The number of aliphatic hydroxyl groups excluding tert-OH is 4. The zero-order valence-electron chi connectivity index (χ0n) is 21.1. The van der Waals surface area contributed by atoms with Gasteiger partial charge in [-0.15, -0.1) is 0 Å². The fourth-order valence-corrected chi connectivity index (χ4v) is 4.30. The molecule has 0 aliphatic carbocycles. The second-order valence-electron chi connectivity index (χ2n) is 9.03. The van der Waals surface area contributed by atoms with Gasteiger partial charge in [-0.2, -0.15) is 0 Å². The number of carboxylic acids is 1. The van der Waals surface area contributed by atoms with Crippen LogP contribution < -0.4 is 22.3 Å². The third-order valence-corrected chi connectivity index (χ3v) is 6.46. The summed E-state index contributed by atoms with van der Waals surface area (Å²) in [7, 11) is 2.78. The molecule has 3 rings (SSSR count). The first-order chi connectivity index (χ1) is 18.4. The fourth-order valence-electron chi connectivity index (χ4n) is 4.30. The molecule has 0 spiro atoms. The van der Waals surface area contributed by atoms with Crippen LogP contribution in [0.25, 0.3) is 0 Å². The zero-order chi connectivity index (χ0) is 29.0. The van der Waals surface area contributed by atoms with E-state index in [-0.39, 0.29) is 18.8 Å². The number of H-pyrrole nitrogens is 1. The Balaban J connectivity index is 1.91. The van der Waals surface area contributed by atoms with Gasteiger partial charge in [-0.1, -0.05) is 0 Å². The number of carbonyl (C=O) groups is 2. The molecule has 8 unspecified atom stereocenters. The highest BCUT2D eigenvalue weighted by Gasteiger charge is 2.51. The summed E-state index contributed by atoms with van der Waals surface area (Å²) in [5.41, 5.74) is 3.51. The second kappa shape index (κ2) is 12.9. The van der Waals surface area contributed by atoms with Gasteiger partial charge in [0.1, 0.15) is 42.3 Å². The van der Waals surface area contributed by atoms with Crippen LogP contribution >= 0.6 is 0 Å². The number of nitrogens with two attached hydrogens (primary N) is 1. The molecule has 9 N–H and O–H groups in total. The molecule has 17 heteroatoms. The van der Waals surface area contributed by atoms with Gasteiger partial charge in [-0.25, -0.2) is 9.59 Å². The van der Waals surface area contributed by atoms with Crippen molar-refractivity contribution in [2.45, 2.75) is 61.7 Å². The Bertz CT molecular complexity index is 1170. The number of hydrogen-bond donors (Lipinski definition) is 8. The number of nitrogens with zero attached hydrogens (tertiary/aromatic N) is 2. The maximum atomic E-state index is 13.1. The SMILES string of the molecule is CNC/C=C(/C(=O)O)N(C)C(=O)C[C@H](OC1OC(CN)C(O)C1O)C1OC(n2ccc(=O)[nH]c2=O)C(O)C1O. The van der Waals surface area contributed by atoms with E-state index in [1.54, 1.807) is 7.05 Å². The number of aromatic amines is 1. The van der Waals surface area contributed by atoms with Crippen LogP contribution in [0.4, 0.5) is 0 Å². The number of ether oxygens (including phenoxy) is 3. The Labute approximate surface area is 221 Å². The van der Waals surface area contributed by atoms with Crippen LogP contribution in [0.5, 0.6) is 0 Å². The Morgan fingerprint density at radius 3 is 2.46 bits per heavy atom. The smallest absolute Gasteiger partial charge is 0.352 e. The maximum Gasteiger partial charge on any atom is 0.352 e. The van der Waals surface area contributed by atoms with Crippen molar-refractivity contribution in [3.05, 3.63) is 44.9 Å². The molecule has 1 aromatic heterocycles. The molecule has 0 saturated carbocycles. The van der Waals surface area contributed by atoms with E-state index >= 15 is 0 Å². The van der Waals surface area contributed by atoms with Gasteiger partial charge in [0.05, 0.1) is 12.5 Å². The number of hydrogen-bond acceptors (Lipinski definition) is 13. The van der Waals surface area contributed by atoms with Crippen molar-refractivity contribution in [3.63, 3.8) is 0 Å². The van der Waals surface area contributed by atoms with E-state index in [0.717, 1.165) is 21.7 Å². The highest BCUT2D eigenvalue weighted by atomic mass is 16.7. The van der Waals surface area contributed by atoms with Crippen LogP contribution in [0.15, 0.2) is 33.6 Å². The number of aromatic nitrogens is 2. The normalized spacial score (nSPS) is 31.8. The molecule has 39 heavy (non-hydrogen) atoms. The standard InChI is InChI=1S/C22H33N5O12/c1-24-5-3-9(20(34)35)26(2)13(29)7-10(37-21-17(33)14(30)11(8-23)38-21)18-15(31)16(32)19(39-18)27-6-4-12(28)25-22(27)36/h3-4,6,10-11,14-19,21,24,30-33H,5,7-8,23H2,1-2H3,(H,34,35)(H,25,28,36)/b9-3-/t10-,11?,14?,15?,16?,17?,18?,19?,21?/m0/s1. The summed E-state index contributed by atoms with van der Waals surface area (Å²) in [4.78, 5) is 51.4. The maximum absolute atomic E-state index is 13.1. The number of likely N-dealkylation sites (N-methyl/N-ethyl adjacent to an activating group) is 2. The number of nitrogens with one attached hydrogen (secondary N) is 2. The van der Waals surface area contributed by atoms with Crippen molar-refractivity contribution in [2.24, 2.45) is 5.73 Å². The first kappa shape index (κ1) is 30.5. The molecule has 1 amide bonds. The third kappa shape index (κ3) is 6.60. The van der Waals surface area contributed by atoms with Crippen molar-refractivity contribution >= 4 is 11.9 Å². The molecule has 3 heterocycles. The largest absolute Gasteiger partial charge is 0.477 e. The monoisotopic (exact) mass is 559 g/mol. The lowest BCUT2D eigenvalue weighted by Crippen LogP contribution is -2.46. The Morgan fingerprint density at radius 2 is 1.90 bits per heavy atom. The molecule has 218 valence electrons. The molecular weight excluding hydrogens is 526 g/mol. The van der Waals surface area contributed by atoms with Crippen LogP contribution in [-0.4, -0.2) is 128 Å². The van der Waals surface area contributed by atoms with Gasteiger partial charge in [0.2, 0.25) is 5.91 Å². The summed E-state index contributed by atoms with van der Waals surface area (Å²) >= 11 is 0. The molecule has 2 saturated heterocycles. The molecule has 0 aromatic carbocycles. The fraction of sp³-hybridized carbons (Fsp3) is 0.636. The topological polar surface area (TPSA) is 259 Å². The number of carboxylic acid groups (broad SMARTS) is 1. The zero-order valence-corrected chi connectivity index (χ0v) is 21.1. The molecule has 9 atom stereocenters. The van der Waals surface area contributed by atoms with E-state index in [2.05, 4.69) is 5.32 Å². The van der Waals surface area contributed by atoms with Crippen LogP contribution in [0.2, 0.25) is 0 Å². The van der Waals surface area contributed by atoms with E-state index in [4.69, 9.17) is 19.9 Å². The molecule has 1 aromatic rings. The Kier molecular flexibility index (Phi) is 10.1. The molecule has 17 nitrogen and oxygen atoms in total. The average molecular weight is 560 g/mol. The predicted octanol–water partition coefficient (Wildman–Crippen LogP) is -5.02. The Morgan fingerprint density at radius 1 is 1.21 bits per heavy atom. The van der Waals surface area contributed by atoms with Gasteiger partial charge >= 0.3 is 11.7 Å². The molecule has 2 fully saturated rings. The molecule has 2 aliphatic heterocycles. The van der Waals surface area contributed by atoms with Crippen LogP contribution in [0.1, 0.15) is 12.6 Å². The van der Waals surface area contributed by atoms with Crippen molar-refractivity contribution in [3.8, 4) is 0 Å². The van der Waals surface area contributed by atoms with Gasteiger partial charge in [-0.05, 0) is 13.1 Å². The van der Waals surface area contributed by atoms with Crippen LogP contribution in [0.3, 0.4) is 0 Å². The predicted molar refractivity (Wildman–Crippen MR) is 129 cm³/mol. The van der Waals surface area contributed by atoms with Gasteiger partial charge in [0, 0.05) is 32.4 Å². The summed E-state index contributed by atoms with van der Waals surface area (Å²) in [6.07, 6.45) is -12.0. The molecule has 0 radical (unpaired) electrons. The number of aliphatic hydroxyl groups is 4. The quantitative estimate of drug-likeness (QED) is 0.118. The van der Waals surface area contributed by atoms with Gasteiger partial charge in [-0.3, -0.25) is 19.1 Å². The minimum atomic E-state index is -1.76. The minimum absolute atomic E-state index is 0.131. The lowest BCUT2D eigenvalue weighted by molar-refractivity contribution is -0.221.